The number of unbranched alkanes of at least 4 members (excludes halogenated alkanes) is 9. The molecule has 10 heteroatoms. The molecule has 0 aromatic carbocycles. The lowest BCUT2D eigenvalue weighted by molar-refractivity contribution is -0.161. The van der Waals surface area contributed by atoms with Crippen LogP contribution in [0.5, 0.6) is 0 Å². The van der Waals surface area contributed by atoms with Crippen molar-refractivity contribution in [1.29, 1.82) is 0 Å². The molecule has 2 N–H and O–H groups in total. The number of ether oxygens (including phenoxy) is 3. The van der Waals surface area contributed by atoms with Crippen LogP contribution in [-0.4, -0.2) is 53.3 Å². The van der Waals surface area contributed by atoms with E-state index in [1.54, 1.807) is 0 Å². The van der Waals surface area contributed by atoms with Gasteiger partial charge in [0.2, 0.25) is 0 Å². The van der Waals surface area contributed by atoms with Crippen molar-refractivity contribution < 1.29 is 42.7 Å². The number of phosphoric ester groups is 1. The topological polar surface area (TPSA) is 132 Å². The molecular weight excluding hydrogens is 643 g/mol. The molecule has 0 amide bonds. The molecule has 0 radical (unpaired) electrons. The fraction of sp³-hybridized carbons (Fsp3) is 0.692. The number of hydrogen-bond donors (Lipinski definition) is 2. The fourth-order valence-electron chi connectivity index (χ4n) is 5.07. The minimum atomic E-state index is -4.77. The molecule has 0 aromatic heterocycles. The lowest BCUT2D eigenvalue weighted by Crippen LogP contribution is -2.29. The van der Waals surface area contributed by atoms with Crippen molar-refractivity contribution in [3.63, 3.8) is 0 Å². The normalized spacial score (nSPS) is 17.3. The van der Waals surface area contributed by atoms with Gasteiger partial charge in [-0.1, -0.05) is 113 Å². The molecule has 1 aliphatic rings. The van der Waals surface area contributed by atoms with Crippen molar-refractivity contribution in [3.8, 4) is 0 Å². The van der Waals surface area contributed by atoms with Gasteiger partial charge in [0, 0.05) is 12.8 Å². The lowest BCUT2D eigenvalue weighted by Gasteiger charge is -2.18. The average molecular weight is 709 g/mol. The zero-order valence-corrected chi connectivity index (χ0v) is 31.2. The third-order valence-electron chi connectivity index (χ3n) is 7.94. The first-order chi connectivity index (χ1) is 23.7. The van der Waals surface area contributed by atoms with E-state index in [2.05, 4.69) is 79.1 Å². The van der Waals surface area contributed by atoms with E-state index in [-0.39, 0.29) is 19.4 Å². The Hall–Kier alpha value is -2.29. The summed E-state index contributed by atoms with van der Waals surface area (Å²) in [5, 5.41) is 0. The molecule has 0 saturated carbocycles. The van der Waals surface area contributed by atoms with Gasteiger partial charge in [0.15, 0.2) is 6.10 Å². The molecule has 0 bridgehead atoms. The first kappa shape index (κ1) is 44.7. The maximum atomic E-state index is 12.4. The van der Waals surface area contributed by atoms with Crippen LogP contribution in [0.3, 0.4) is 0 Å². The van der Waals surface area contributed by atoms with Gasteiger partial charge >= 0.3 is 19.8 Å². The third-order valence-corrected chi connectivity index (χ3v) is 8.43. The van der Waals surface area contributed by atoms with Crippen LogP contribution in [0.15, 0.2) is 60.8 Å². The van der Waals surface area contributed by atoms with Crippen LogP contribution in [0, 0.1) is 0 Å². The summed E-state index contributed by atoms with van der Waals surface area (Å²) in [6, 6.07) is 0. The van der Waals surface area contributed by atoms with Crippen LogP contribution in [0.4, 0.5) is 0 Å². The highest BCUT2D eigenvalue weighted by molar-refractivity contribution is 7.46. The predicted octanol–water partition coefficient (Wildman–Crippen LogP) is 9.94. The van der Waals surface area contributed by atoms with Crippen LogP contribution in [-0.2, 0) is 32.9 Å². The predicted molar refractivity (Wildman–Crippen MR) is 197 cm³/mol. The van der Waals surface area contributed by atoms with E-state index in [0.717, 1.165) is 83.5 Å². The quantitative estimate of drug-likeness (QED) is 0.0230. The number of epoxide rings is 1. The Labute approximate surface area is 296 Å². The van der Waals surface area contributed by atoms with E-state index in [9.17, 15) is 14.2 Å². The maximum absolute atomic E-state index is 12.4. The fourth-order valence-corrected chi connectivity index (χ4v) is 5.43. The van der Waals surface area contributed by atoms with Gasteiger partial charge in [0.25, 0.3) is 0 Å². The maximum Gasteiger partial charge on any atom is 0.469 e. The Bertz CT molecular complexity index is 1040. The van der Waals surface area contributed by atoms with Gasteiger partial charge in [-0.25, -0.2) is 4.57 Å². The van der Waals surface area contributed by atoms with E-state index >= 15 is 0 Å². The number of carbonyl (C=O) groups is 2. The molecule has 1 aliphatic heterocycles. The Morgan fingerprint density at radius 3 is 1.92 bits per heavy atom. The average Bonchev–Trinajstić information content (AvgIpc) is 3.82. The molecular formula is C39H65O9P. The molecule has 49 heavy (non-hydrogen) atoms. The van der Waals surface area contributed by atoms with Crippen molar-refractivity contribution in [2.24, 2.45) is 0 Å². The molecule has 3 atom stereocenters. The van der Waals surface area contributed by atoms with Crippen molar-refractivity contribution in [1.82, 2.24) is 0 Å². The molecule has 1 saturated heterocycles. The highest BCUT2D eigenvalue weighted by atomic mass is 31.2. The molecule has 1 rings (SSSR count). The molecule has 0 spiro atoms. The van der Waals surface area contributed by atoms with Gasteiger partial charge in [0.1, 0.15) is 6.61 Å². The summed E-state index contributed by atoms with van der Waals surface area (Å²) in [4.78, 5) is 42.7. The first-order valence-electron chi connectivity index (χ1n) is 18.7. The number of allylic oxidation sites excluding steroid dienone is 9. The number of carbonyl (C=O) groups excluding carboxylic acids is 2. The number of rotatable bonds is 32. The summed E-state index contributed by atoms with van der Waals surface area (Å²) in [5.41, 5.74) is 0. The van der Waals surface area contributed by atoms with Crippen molar-refractivity contribution in [2.45, 2.75) is 161 Å². The molecule has 0 aliphatic carbocycles. The Morgan fingerprint density at radius 2 is 1.24 bits per heavy atom. The third kappa shape index (κ3) is 30.3. The van der Waals surface area contributed by atoms with E-state index in [0.29, 0.717) is 25.0 Å². The monoisotopic (exact) mass is 708 g/mol. The van der Waals surface area contributed by atoms with Gasteiger partial charge in [-0.2, -0.15) is 0 Å². The second-order valence-corrected chi connectivity index (χ2v) is 13.8. The van der Waals surface area contributed by atoms with Gasteiger partial charge in [0.05, 0.1) is 18.8 Å². The van der Waals surface area contributed by atoms with Crippen LogP contribution in [0.2, 0.25) is 0 Å². The second kappa shape index (κ2) is 30.5. The van der Waals surface area contributed by atoms with Gasteiger partial charge in [-0.15, -0.1) is 0 Å². The number of esters is 2. The Morgan fingerprint density at radius 1 is 0.673 bits per heavy atom. The number of phosphoric acid groups is 1. The summed E-state index contributed by atoms with van der Waals surface area (Å²) in [5.74, 6) is -0.963. The molecule has 0 aromatic rings. The lowest BCUT2D eigenvalue weighted by atomic mass is 10.1. The van der Waals surface area contributed by atoms with Gasteiger partial charge in [-0.3, -0.25) is 14.1 Å². The number of hydrogen-bond acceptors (Lipinski definition) is 7. The van der Waals surface area contributed by atoms with E-state index < -0.39 is 32.5 Å². The Balaban J connectivity index is 2.15. The summed E-state index contributed by atoms with van der Waals surface area (Å²) in [6.07, 6.45) is 39.6. The van der Waals surface area contributed by atoms with Crippen LogP contribution >= 0.6 is 7.82 Å². The summed E-state index contributed by atoms with van der Waals surface area (Å²) in [6.45, 7) is 3.46. The van der Waals surface area contributed by atoms with E-state index in [4.69, 9.17) is 24.0 Å². The summed E-state index contributed by atoms with van der Waals surface area (Å²) >= 11 is 0. The Kier molecular flexibility index (Phi) is 27.9. The molecule has 1 heterocycles. The molecule has 1 fully saturated rings. The first-order valence-corrected chi connectivity index (χ1v) is 20.2. The highest BCUT2D eigenvalue weighted by Gasteiger charge is 2.36. The molecule has 280 valence electrons. The highest BCUT2D eigenvalue weighted by Crippen LogP contribution is 2.36. The smallest absolute Gasteiger partial charge is 0.462 e. The standard InChI is InChI=1S/C39H65O9P/c1-3-5-7-9-11-12-13-14-15-16-17-18-19-23-27-31-38(40)45-33-35(34-46-49(42,43)44)47-39(41)32-28-24-20-22-26-30-37-36(48-37)29-25-21-10-8-6-4-2/h5,7,11-12,14-15,17-18,21,25,35-37H,3-4,6,8-10,13,16,19-20,22-24,26-34H2,1-2H3,(H2,42,43,44)/b7-5-,12-11-,15-14-,18-17-,25-21-/t35-,36?,37?/m1/s1. The SMILES string of the molecule is CC/C=C\C/C=C\C/C=C\C/C=C\CCCCC(=O)OC[C@H](COP(=O)(O)O)OC(=O)CCCCCCCC1OC1C/C=C\CCCCC. The second-order valence-electron chi connectivity index (χ2n) is 12.6. The summed E-state index contributed by atoms with van der Waals surface area (Å²) < 4.78 is 32.0. The van der Waals surface area contributed by atoms with E-state index in [1.807, 2.05) is 0 Å². The zero-order chi connectivity index (χ0) is 35.8. The van der Waals surface area contributed by atoms with Crippen LogP contribution in [0.25, 0.3) is 0 Å². The van der Waals surface area contributed by atoms with Crippen molar-refractivity contribution >= 4 is 19.8 Å². The van der Waals surface area contributed by atoms with Gasteiger partial charge < -0.3 is 24.0 Å². The van der Waals surface area contributed by atoms with E-state index in [1.165, 1.54) is 19.3 Å². The molecule has 9 nitrogen and oxygen atoms in total. The minimum absolute atomic E-state index is 0.177. The van der Waals surface area contributed by atoms with Crippen LogP contribution in [0.1, 0.15) is 142 Å². The minimum Gasteiger partial charge on any atom is -0.462 e. The largest absolute Gasteiger partial charge is 0.469 e. The van der Waals surface area contributed by atoms with Gasteiger partial charge in [-0.05, 0) is 77.0 Å². The van der Waals surface area contributed by atoms with Crippen LogP contribution < -0.4 is 0 Å². The molecule has 2 unspecified atom stereocenters. The summed E-state index contributed by atoms with van der Waals surface area (Å²) in [7, 11) is -4.77. The van der Waals surface area contributed by atoms with Crippen molar-refractivity contribution in [3.05, 3.63) is 60.8 Å². The van der Waals surface area contributed by atoms with Crippen molar-refractivity contribution in [2.75, 3.05) is 13.2 Å². The zero-order valence-electron chi connectivity index (χ0n) is 30.3.